The van der Waals surface area contributed by atoms with Crippen LogP contribution in [-0.4, -0.2) is 39.3 Å². The highest BCUT2D eigenvalue weighted by Crippen LogP contribution is 1.94. The number of rotatable bonds is 7. The second-order valence-corrected chi connectivity index (χ2v) is 3.95. The maximum Gasteiger partial charge on any atom is 0.326 e. The molecule has 19 heavy (non-hydrogen) atoms. The van der Waals surface area contributed by atoms with Crippen LogP contribution in [0.15, 0.2) is 29.2 Å². The Morgan fingerprint density at radius 1 is 1.37 bits per heavy atom. The standard InChI is InChI=1S/C12H16N2O5/c15-8-5-9(12(18)19)13-10(16)4-7-14-6-2-1-3-11(14)17/h1-3,6,9,15H,4-5,7-8H2,(H,13,16)(H,18,19). The predicted molar refractivity (Wildman–Crippen MR) is 66.6 cm³/mol. The summed E-state index contributed by atoms with van der Waals surface area (Å²) in [6.45, 7) is -0.146. The molecule has 7 nitrogen and oxygen atoms in total. The summed E-state index contributed by atoms with van der Waals surface area (Å²) in [6.07, 6.45) is 1.50. The summed E-state index contributed by atoms with van der Waals surface area (Å²) in [5.74, 6) is -1.67. The number of aryl methyl sites for hydroxylation is 1. The Morgan fingerprint density at radius 3 is 2.68 bits per heavy atom. The first-order valence-corrected chi connectivity index (χ1v) is 5.83. The van der Waals surface area contributed by atoms with Gasteiger partial charge in [0, 0.05) is 38.3 Å². The number of aliphatic hydroxyl groups is 1. The van der Waals surface area contributed by atoms with Gasteiger partial charge in [0.1, 0.15) is 6.04 Å². The maximum atomic E-state index is 11.5. The minimum Gasteiger partial charge on any atom is -0.480 e. The molecule has 3 N–H and O–H groups in total. The molecule has 1 atom stereocenters. The molecule has 0 aromatic carbocycles. The maximum absolute atomic E-state index is 11.5. The topological polar surface area (TPSA) is 109 Å². The smallest absolute Gasteiger partial charge is 0.326 e. The van der Waals surface area contributed by atoms with Crippen molar-refractivity contribution in [2.45, 2.75) is 25.4 Å². The SMILES string of the molecule is O=C(CCn1ccccc1=O)NC(CCO)C(=O)O. The third-order valence-corrected chi connectivity index (χ3v) is 2.53. The highest BCUT2D eigenvalue weighted by atomic mass is 16.4. The van der Waals surface area contributed by atoms with Crippen molar-refractivity contribution in [1.29, 1.82) is 0 Å². The van der Waals surface area contributed by atoms with E-state index in [4.69, 9.17) is 10.2 Å². The van der Waals surface area contributed by atoms with Gasteiger partial charge in [-0.05, 0) is 6.07 Å². The zero-order chi connectivity index (χ0) is 14.3. The molecule has 1 unspecified atom stereocenters. The van der Waals surface area contributed by atoms with Gasteiger partial charge in [-0.2, -0.15) is 0 Å². The molecule has 0 aliphatic rings. The van der Waals surface area contributed by atoms with E-state index in [2.05, 4.69) is 5.32 Å². The third-order valence-electron chi connectivity index (χ3n) is 2.53. The van der Waals surface area contributed by atoms with E-state index < -0.39 is 17.9 Å². The summed E-state index contributed by atoms with van der Waals surface area (Å²) in [5, 5.41) is 19.8. The zero-order valence-electron chi connectivity index (χ0n) is 10.3. The van der Waals surface area contributed by atoms with E-state index in [1.54, 1.807) is 18.3 Å². The fourth-order valence-electron chi connectivity index (χ4n) is 1.52. The largest absolute Gasteiger partial charge is 0.480 e. The summed E-state index contributed by atoms with van der Waals surface area (Å²) in [7, 11) is 0. The molecule has 0 spiro atoms. The van der Waals surface area contributed by atoms with Gasteiger partial charge >= 0.3 is 5.97 Å². The number of hydrogen-bond donors (Lipinski definition) is 3. The number of carbonyl (C=O) groups is 2. The quantitative estimate of drug-likeness (QED) is 0.599. The molecule has 104 valence electrons. The number of hydrogen-bond acceptors (Lipinski definition) is 4. The predicted octanol–water partition coefficient (Wildman–Crippen LogP) is -0.810. The van der Waals surface area contributed by atoms with Gasteiger partial charge in [-0.15, -0.1) is 0 Å². The Hall–Kier alpha value is -2.15. The number of aliphatic carboxylic acids is 1. The van der Waals surface area contributed by atoms with Gasteiger partial charge in [-0.25, -0.2) is 4.79 Å². The molecular formula is C12H16N2O5. The molecule has 0 fully saturated rings. The normalized spacial score (nSPS) is 11.8. The van der Waals surface area contributed by atoms with Gasteiger partial charge in [0.15, 0.2) is 0 Å². The first-order valence-electron chi connectivity index (χ1n) is 5.83. The highest BCUT2D eigenvalue weighted by molar-refractivity contribution is 5.83. The number of carbonyl (C=O) groups excluding carboxylic acids is 1. The van der Waals surface area contributed by atoms with E-state index in [1.807, 2.05) is 0 Å². The highest BCUT2D eigenvalue weighted by Gasteiger charge is 2.18. The average molecular weight is 268 g/mol. The van der Waals surface area contributed by atoms with Crippen molar-refractivity contribution in [3.05, 3.63) is 34.7 Å². The number of amides is 1. The van der Waals surface area contributed by atoms with Crippen molar-refractivity contribution in [3.8, 4) is 0 Å². The summed E-state index contributed by atoms with van der Waals surface area (Å²) in [6, 6.07) is 3.54. The molecular weight excluding hydrogens is 252 g/mol. The molecule has 1 aromatic rings. The number of carboxylic acids is 1. The summed E-state index contributed by atoms with van der Waals surface area (Å²) in [4.78, 5) is 33.7. The monoisotopic (exact) mass is 268 g/mol. The number of nitrogens with one attached hydrogen (secondary N) is 1. The molecule has 0 saturated heterocycles. The van der Waals surface area contributed by atoms with Crippen LogP contribution in [0.2, 0.25) is 0 Å². The lowest BCUT2D eigenvalue weighted by Gasteiger charge is -2.13. The summed E-state index contributed by atoms with van der Waals surface area (Å²) in [5.41, 5.74) is -0.222. The molecule has 1 rings (SSSR count). The second-order valence-electron chi connectivity index (χ2n) is 3.95. The first kappa shape index (κ1) is 14.9. The molecule has 1 aromatic heterocycles. The average Bonchev–Trinajstić information content (AvgIpc) is 2.37. The third kappa shape index (κ3) is 4.92. The fraction of sp³-hybridized carbons (Fsp3) is 0.417. The Labute approximate surface area is 109 Å². The molecule has 0 bridgehead atoms. The van der Waals surface area contributed by atoms with Crippen LogP contribution in [0, 0.1) is 0 Å². The van der Waals surface area contributed by atoms with Crippen LogP contribution in [0.3, 0.4) is 0 Å². The lowest BCUT2D eigenvalue weighted by molar-refractivity contribution is -0.142. The fourth-order valence-corrected chi connectivity index (χ4v) is 1.52. The van der Waals surface area contributed by atoms with Crippen molar-refractivity contribution in [3.63, 3.8) is 0 Å². The Kier molecular flexibility index (Phi) is 5.74. The lowest BCUT2D eigenvalue weighted by Crippen LogP contribution is -2.41. The molecule has 1 heterocycles. The first-order chi connectivity index (χ1) is 9.04. The lowest BCUT2D eigenvalue weighted by atomic mass is 10.2. The van der Waals surface area contributed by atoms with Crippen molar-refractivity contribution in [2.75, 3.05) is 6.61 Å². The van der Waals surface area contributed by atoms with Gasteiger partial charge in [-0.3, -0.25) is 9.59 Å². The number of nitrogens with zero attached hydrogens (tertiary/aromatic N) is 1. The van der Waals surface area contributed by atoms with Crippen molar-refractivity contribution < 1.29 is 19.8 Å². The van der Waals surface area contributed by atoms with Crippen LogP contribution in [-0.2, 0) is 16.1 Å². The van der Waals surface area contributed by atoms with E-state index in [9.17, 15) is 14.4 Å². The second kappa shape index (κ2) is 7.32. The van der Waals surface area contributed by atoms with E-state index >= 15 is 0 Å². The van der Waals surface area contributed by atoms with Gasteiger partial charge in [0.2, 0.25) is 5.91 Å². The zero-order valence-corrected chi connectivity index (χ0v) is 10.3. The molecule has 1 amide bonds. The van der Waals surface area contributed by atoms with Crippen LogP contribution in [0.4, 0.5) is 0 Å². The molecule has 0 radical (unpaired) electrons. The molecule has 0 aliphatic heterocycles. The molecule has 7 heteroatoms. The number of carboxylic acid groups (broad SMARTS) is 1. The Morgan fingerprint density at radius 2 is 2.11 bits per heavy atom. The van der Waals surface area contributed by atoms with Crippen LogP contribution < -0.4 is 10.9 Å². The molecule has 0 saturated carbocycles. The number of pyridine rings is 1. The van der Waals surface area contributed by atoms with Gasteiger partial charge < -0.3 is 20.1 Å². The van der Waals surface area contributed by atoms with Crippen LogP contribution in [0.5, 0.6) is 0 Å². The number of aromatic nitrogens is 1. The minimum atomic E-state index is -1.20. The van der Waals surface area contributed by atoms with Crippen LogP contribution in [0.25, 0.3) is 0 Å². The minimum absolute atomic E-state index is 0.000865. The van der Waals surface area contributed by atoms with E-state index in [0.717, 1.165) is 0 Å². The van der Waals surface area contributed by atoms with E-state index in [0.29, 0.717) is 0 Å². The van der Waals surface area contributed by atoms with Crippen molar-refractivity contribution in [1.82, 2.24) is 9.88 Å². The van der Waals surface area contributed by atoms with E-state index in [1.165, 1.54) is 10.6 Å². The van der Waals surface area contributed by atoms with Gasteiger partial charge in [-0.1, -0.05) is 6.07 Å². The summed E-state index contributed by atoms with van der Waals surface area (Å²) >= 11 is 0. The molecule has 0 aliphatic carbocycles. The van der Waals surface area contributed by atoms with Crippen LogP contribution >= 0.6 is 0 Å². The Balaban J connectivity index is 2.49. The van der Waals surface area contributed by atoms with Crippen molar-refractivity contribution >= 4 is 11.9 Å². The van der Waals surface area contributed by atoms with Crippen LogP contribution in [0.1, 0.15) is 12.8 Å². The Bertz CT molecular complexity index is 497. The van der Waals surface area contributed by atoms with Gasteiger partial charge in [0.05, 0.1) is 0 Å². The van der Waals surface area contributed by atoms with Gasteiger partial charge in [0.25, 0.3) is 5.56 Å². The summed E-state index contributed by atoms with van der Waals surface area (Å²) < 4.78 is 1.36. The number of aliphatic hydroxyl groups excluding tert-OH is 1. The van der Waals surface area contributed by atoms with E-state index in [-0.39, 0.29) is 31.6 Å². The van der Waals surface area contributed by atoms with Crippen molar-refractivity contribution in [2.24, 2.45) is 0 Å².